The summed E-state index contributed by atoms with van der Waals surface area (Å²) in [4.78, 5) is 38.8. The number of pyridine rings is 1. The summed E-state index contributed by atoms with van der Waals surface area (Å²) in [6.07, 6.45) is 1.92. The van der Waals surface area contributed by atoms with Crippen molar-refractivity contribution in [3.05, 3.63) is 45.3 Å². The van der Waals surface area contributed by atoms with Crippen LogP contribution in [-0.2, 0) is 33.5 Å². The average Bonchev–Trinajstić information content (AvgIpc) is 3.41. The Kier molecular flexibility index (Phi) is 9.32. The SMILES string of the molecule is CCOC(=O)Cc1c[n+](CC(C)C)c(NC(=O)C(CC2CCCC2)n2cc(C(F)(F)F)ccc2=O)s1. The summed E-state index contributed by atoms with van der Waals surface area (Å²) in [5.74, 6) is -0.558. The number of ether oxygens (including phenoxy) is 1. The third-order valence-corrected chi connectivity index (χ3v) is 7.18. The van der Waals surface area contributed by atoms with Gasteiger partial charge in [0.25, 0.3) is 5.56 Å². The number of aromatic nitrogens is 2. The molecule has 7 nitrogen and oxygen atoms in total. The molecule has 1 aliphatic carbocycles. The highest BCUT2D eigenvalue weighted by Gasteiger charge is 2.35. The van der Waals surface area contributed by atoms with Crippen LogP contribution < -0.4 is 15.4 Å². The van der Waals surface area contributed by atoms with Crippen LogP contribution in [0.1, 0.15) is 69.4 Å². The molecule has 1 aliphatic rings. The van der Waals surface area contributed by atoms with Crippen molar-refractivity contribution in [3.8, 4) is 0 Å². The van der Waals surface area contributed by atoms with Crippen molar-refractivity contribution in [2.75, 3.05) is 11.9 Å². The van der Waals surface area contributed by atoms with Crippen molar-refractivity contribution in [1.29, 1.82) is 0 Å². The van der Waals surface area contributed by atoms with Crippen molar-refractivity contribution in [2.45, 2.75) is 78.1 Å². The van der Waals surface area contributed by atoms with Gasteiger partial charge >= 0.3 is 23.2 Å². The molecule has 1 fully saturated rings. The van der Waals surface area contributed by atoms with Gasteiger partial charge in [0.1, 0.15) is 12.2 Å². The van der Waals surface area contributed by atoms with Crippen molar-refractivity contribution in [2.24, 2.45) is 11.8 Å². The minimum Gasteiger partial charge on any atom is -0.466 e. The molecule has 2 heterocycles. The lowest BCUT2D eigenvalue weighted by Crippen LogP contribution is -2.40. The van der Waals surface area contributed by atoms with Crippen LogP contribution in [0.3, 0.4) is 0 Å². The maximum atomic E-state index is 13.5. The van der Waals surface area contributed by atoms with E-state index in [0.29, 0.717) is 16.6 Å². The van der Waals surface area contributed by atoms with Crippen LogP contribution in [0.5, 0.6) is 0 Å². The number of halogens is 3. The van der Waals surface area contributed by atoms with E-state index < -0.39 is 29.2 Å². The summed E-state index contributed by atoms with van der Waals surface area (Å²) >= 11 is 1.21. The first-order valence-electron chi connectivity index (χ1n) is 12.3. The summed E-state index contributed by atoms with van der Waals surface area (Å²) in [6, 6.07) is 0.506. The molecule has 3 rings (SSSR count). The third-order valence-electron chi connectivity index (χ3n) is 6.14. The lowest BCUT2D eigenvalue weighted by molar-refractivity contribution is -0.684. The molecule has 1 atom stereocenters. The predicted octanol–water partition coefficient (Wildman–Crippen LogP) is 4.74. The molecule has 36 heavy (non-hydrogen) atoms. The molecule has 0 bridgehead atoms. The highest BCUT2D eigenvalue weighted by Crippen LogP contribution is 2.34. The van der Waals surface area contributed by atoms with Gasteiger partial charge in [-0.25, -0.2) is 9.36 Å². The monoisotopic (exact) mass is 528 g/mol. The molecule has 0 aromatic carbocycles. The molecule has 198 valence electrons. The second-order valence-electron chi connectivity index (χ2n) is 9.58. The number of hydrogen-bond donors (Lipinski definition) is 1. The van der Waals surface area contributed by atoms with E-state index in [4.69, 9.17) is 4.74 Å². The topological polar surface area (TPSA) is 81.3 Å². The molecule has 11 heteroatoms. The summed E-state index contributed by atoms with van der Waals surface area (Å²) < 4.78 is 47.9. The number of nitrogens with zero attached hydrogens (tertiary/aromatic N) is 2. The Bertz CT molecular complexity index is 1120. The molecular formula is C25H33F3N3O4S+. The Morgan fingerprint density at radius 3 is 2.56 bits per heavy atom. The zero-order valence-corrected chi connectivity index (χ0v) is 21.6. The number of amides is 1. The zero-order chi connectivity index (χ0) is 26.5. The van der Waals surface area contributed by atoms with Gasteiger partial charge in [-0.3, -0.25) is 9.59 Å². The predicted molar refractivity (Wildman–Crippen MR) is 130 cm³/mol. The molecule has 0 saturated heterocycles. The Hall–Kier alpha value is -2.69. The molecule has 1 saturated carbocycles. The van der Waals surface area contributed by atoms with E-state index in [1.807, 2.05) is 18.4 Å². The summed E-state index contributed by atoms with van der Waals surface area (Å²) in [7, 11) is 0. The van der Waals surface area contributed by atoms with Crippen LogP contribution in [0, 0.1) is 11.8 Å². The Morgan fingerprint density at radius 2 is 1.94 bits per heavy atom. The van der Waals surface area contributed by atoms with Crippen LogP contribution in [0.4, 0.5) is 18.3 Å². The van der Waals surface area contributed by atoms with Crippen LogP contribution >= 0.6 is 11.3 Å². The van der Waals surface area contributed by atoms with Crippen LogP contribution in [-0.4, -0.2) is 23.1 Å². The minimum atomic E-state index is -4.64. The quantitative estimate of drug-likeness (QED) is 0.357. The fourth-order valence-electron chi connectivity index (χ4n) is 4.52. The van der Waals surface area contributed by atoms with Crippen molar-refractivity contribution in [3.63, 3.8) is 0 Å². The first-order chi connectivity index (χ1) is 17.0. The van der Waals surface area contributed by atoms with Crippen molar-refractivity contribution < 1.29 is 32.1 Å². The number of thiazole rings is 1. The first-order valence-corrected chi connectivity index (χ1v) is 13.1. The minimum absolute atomic E-state index is 0.0467. The van der Waals surface area contributed by atoms with Crippen LogP contribution in [0.15, 0.2) is 29.3 Å². The van der Waals surface area contributed by atoms with E-state index >= 15 is 0 Å². The van der Waals surface area contributed by atoms with Crippen molar-refractivity contribution in [1.82, 2.24) is 4.57 Å². The molecule has 1 unspecified atom stereocenters. The number of alkyl halides is 3. The van der Waals surface area contributed by atoms with Gasteiger partial charge in [-0.1, -0.05) is 50.9 Å². The number of anilines is 1. The molecular weight excluding hydrogens is 495 g/mol. The first kappa shape index (κ1) is 27.9. The van der Waals surface area contributed by atoms with Crippen molar-refractivity contribution >= 4 is 28.3 Å². The van der Waals surface area contributed by atoms with Gasteiger partial charge in [0.15, 0.2) is 0 Å². The van der Waals surface area contributed by atoms with E-state index in [9.17, 15) is 27.6 Å². The molecule has 0 spiro atoms. The van der Waals surface area contributed by atoms with E-state index in [1.54, 1.807) is 13.1 Å². The molecule has 1 amide bonds. The molecule has 2 aromatic rings. The van der Waals surface area contributed by atoms with E-state index in [-0.39, 0.29) is 37.3 Å². The smallest absolute Gasteiger partial charge is 0.417 e. The summed E-state index contributed by atoms with van der Waals surface area (Å²) in [5.41, 5.74) is -1.64. The number of carbonyl (C=O) groups is 2. The normalized spacial score (nSPS) is 15.3. The molecule has 1 N–H and O–H groups in total. The Morgan fingerprint density at radius 1 is 1.25 bits per heavy atom. The Balaban J connectivity index is 1.94. The second-order valence-corrected chi connectivity index (χ2v) is 10.7. The van der Waals surface area contributed by atoms with Gasteiger partial charge in [0.2, 0.25) is 0 Å². The third kappa shape index (κ3) is 7.41. The van der Waals surface area contributed by atoms with Gasteiger partial charge < -0.3 is 9.30 Å². The highest BCUT2D eigenvalue weighted by molar-refractivity contribution is 7.15. The lowest BCUT2D eigenvalue weighted by Gasteiger charge is -2.21. The number of carbonyl (C=O) groups excluding carboxylic acids is 2. The van der Waals surface area contributed by atoms with E-state index in [0.717, 1.165) is 48.6 Å². The zero-order valence-electron chi connectivity index (χ0n) is 20.8. The maximum Gasteiger partial charge on any atom is 0.417 e. The van der Waals surface area contributed by atoms with E-state index in [2.05, 4.69) is 5.32 Å². The van der Waals surface area contributed by atoms with Crippen LogP contribution in [0.25, 0.3) is 0 Å². The van der Waals surface area contributed by atoms with Gasteiger partial charge in [0, 0.05) is 12.3 Å². The fraction of sp³-hybridized carbons (Fsp3) is 0.600. The highest BCUT2D eigenvalue weighted by atomic mass is 32.1. The maximum absolute atomic E-state index is 13.5. The van der Waals surface area contributed by atoms with Crippen LogP contribution in [0.2, 0.25) is 0 Å². The molecule has 2 aromatic heterocycles. The second kappa shape index (κ2) is 12.0. The summed E-state index contributed by atoms with van der Waals surface area (Å²) in [6.45, 7) is 6.55. The van der Waals surface area contributed by atoms with Gasteiger partial charge in [-0.05, 0) is 31.2 Å². The van der Waals surface area contributed by atoms with Gasteiger partial charge in [-0.15, -0.1) is 0 Å². The van der Waals surface area contributed by atoms with E-state index in [1.165, 1.54) is 11.3 Å². The number of nitrogens with one attached hydrogen (secondary N) is 1. The average molecular weight is 529 g/mol. The van der Waals surface area contributed by atoms with Gasteiger partial charge in [0.05, 0.1) is 30.0 Å². The standard InChI is InChI=1S/C25H32F3N3O4S/c1-4-35-22(33)12-19-15-30(13-16(2)3)24(36-19)29-23(34)20(11-17-7-5-6-8-17)31-14-18(25(26,27)28)9-10-21(31)32/h9-10,14-17,20H,4-8,11-13H2,1-3H3/p+1. The number of esters is 1. The Labute approximate surface area is 212 Å². The summed E-state index contributed by atoms with van der Waals surface area (Å²) in [5, 5.41) is 3.31. The number of hydrogen-bond acceptors (Lipinski definition) is 5. The molecule has 0 radical (unpaired) electrons. The lowest BCUT2D eigenvalue weighted by atomic mass is 9.97. The largest absolute Gasteiger partial charge is 0.466 e. The van der Waals surface area contributed by atoms with Gasteiger partial charge in [-0.2, -0.15) is 18.5 Å². The fourth-order valence-corrected chi connectivity index (χ4v) is 5.53. The molecule has 0 aliphatic heterocycles. The number of rotatable bonds is 10.